The van der Waals surface area contributed by atoms with E-state index in [1.165, 1.54) is 0 Å². The Bertz CT molecular complexity index is 124. The van der Waals surface area contributed by atoms with E-state index in [1.54, 1.807) is 0 Å². The van der Waals surface area contributed by atoms with Gasteiger partial charge in [0.25, 0.3) is 0 Å². The summed E-state index contributed by atoms with van der Waals surface area (Å²) in [6.07, 6.45) is 0. The zero-order chi connectivity index (χ0) is 7.33. The second-order valence-corrected chi connectivity index (χ2v) is 8.97. The Balaban J connectivity index is 3.50. The normalized spacial score (nSPS) is 10.2. The Labute approximate surface area is 63.6 Å². The van der Waals surface area contributed by atoms with Crippen molar-refractivity contribution >= 4 is 19.7 Å². The Kier molecular flexibility index (Phi) is 4.00. The van der Waals surface area contributed by atoms with Crippen LogP contribution in [0.25, 0.3) is 0 Å². The molecule has 0 fully saturated rings. The number of alkyl halides is 1. The van der Waals surface area contributed by atoms with Crippen LogP contribution in [0.1, 0.15) is 0 Å². The monoisotopic (exact) mass is 160 g/mol. The minimum absolute atomic E-state index is 0.477. The fourth-order valence-corrected chi connectivity index (χ4v) is 1.12. The summed E-state index contributed by atoms with van der Waals surface area (Å²) in [5, 5.41) is 0. The summed E-state index contributed by atoms with van der Waals surface area (Å²) in [5.74, 6) is 6.39. The van der Waals surface area contributed by atoms with Crippen LogP contribution in [0, 0.1) is 11.8 Å². The molecule has 0 bridgehead atoms. The van der Waals surface area contributed by atoms with E-state index in [-0.39, 0.29) is 0 Å². The standard InChI is InChI=1S/C7H13ClSi/c1-9(2,3)7-5-4-6-8/h6-7H2,1-3H3. The summed E-state index contributed by atoms with van der Waals surface area (Å²) in [5.41, 5.74) is 0. The van der Waals surface area contributed by atoms with Crippen LogP contribution in [0.4, 0.5) is 0 Å². The van der Waals surface area contributed by atoms with Gasteiger partial charge in [0.1, 0.15) is 0 Å². The lowest BCUT2D eigenvalue weighted by Crippen LogP contribution is -2.17. The Morgan fingerprint density at radius 1 is 1.22 bits per heavy atom. The Morgan fingerprint density at radius 3 is 2.11 bits per heavy atom. The molecule has 0 aliphatic rings. The van der Waals surface area contributed by atoms with E-state index in [0.29, 0.717) is 5.88 Å². The first kappa shape index (κ1) is 9.07. The highest BCUT2D eigenvalue weighted by Gasteiger charge is 2.09. The van der Waals surface area contributed by atoms with Gasteiger partial charge in [-0.1, -0.05) is 25.6 Å². The molecule has 0 unspecified atom stereocenters. The van der Waals surface area contributed by atoms with Gasteiger partial charge in [0.15, 0.2) is 0 Å². The maximum absolute atomic E-state index is 5.37. The van der Waals surface area contributed by atoms with Crippen LogP contribution in [0.15, 0.2) is 0 Å². The van der Waals surface area contributed by atoms with Crippen molar-refractivity contribution in [2.45, 2.75) is 25.7 Å². The molecule has 0 aliphatic heterocycles. The molecule has 0 amide bonds. The number of halogens is 1. The molecule has 0 rings (SSSR count). The molecule has 0 atom stereocenters. The van der Waals surface area contributed by atoms with Crippen molar-refractivity contribution < 1.29 is 0 Å². The zero-order valence-corrected chi connectivity index (χ0v) is 8.05. The predicted octanol–water partition coefficient (Wildman–Crippen LogP) is 2.57. The van der Waals surface area contributed by atoms with Gasteiger partial charge >= 0.3 is 0 Å². The van der Waals surface area contributed by atoms with Gasteiger partial charge in [0.05, 0.1) is 14.0 Å². The van der Waals surface area contributed by atoms with Crippen molar-refractivity contribution in [3.63, 3.8) is 0 Å². The van der Waals surface area contributed by atoms with Crippen LogP contribution >= 0.6 is 11.6 Å². The highest BCUT2D eigenvalue weighted by molar-refractivity contribution is 6.76. The number of rotatable bonds is 1. The molecule has 0 aromatic heterocycles. The summed E-state index contributed by atoms with van der Waals surface area (Å²) < 4.78 is 0. The largest absolute Gasteiger partial charge is 0.113 e. The van der Waals surface area contributed by atoms with Gasteiger partial charge in [-0.2, -0.15) is 0 Å². The molecule has 0 heterocycles. The molecule has 0 aliphatic carbocycles. The smallest absolute Gasteiger partial charge is 0.0835 e. The third-order valence-corrected chi connectivity index (χ3v) is 2.18. The van der Waals surface area contributed by atoms with Gasteiger partial charge in [-0.15, -0.1) is 17.5 Å². The molecular formula is C7H13ClSi. The van der Waals surface area contributed by atoms with Crippen LogP contribution in [0.2, 0.25) is 25.7 Å². The third-order valence-electron chi connectivity index (χ3n) is 0.811. The molecule has 0 saturated heterocycles. The van der Waals surface area contributed by atoms with E-state index < -0.39 is 8.07 Å². The van der Waals surface area contributed by atoms with E-state index in [2.05, 4.69) is 31.5 Å². The number of hydrogen-bond acceptors (Lipinski definition) is 0. The average Bonchev–Trinajstić information content (AvgIpc) is 1.63. The molecule has 9 heavy (non-hydrogen) atoms. The van der Waals surface area contributed by atoms with Crippen molar-refractivity contribution in [1.29, 1.82) is 0 Å². The van der Waals surface area contributed by atoms with Crippen molar-refractivity contribution in [2.24, 2.45) is 0 Å². The number of hydrogen-bond donors (Lipinski definition) is 0. The molecule has 0 spiro atoms. The van der Waals surface area contributed by atoms with Crippen molar-refractivity contribution in [3.05, 3.63) is 0 Å². The van der Waals surface area contributed by atoms with E-state index >= 15 is 0 Å². The SMILES string of the molecule is C[Si](C)(C)CC#CCCl. The quantitative estimate of drug-likeness (QED) is 0.314. The van der Waals surface area contributed by atoms with Crippen molar-refractivity contribution in [3.8, 4) is 11.8 Å². The van der Waals surface area contributed by atoms with Gasteiger partial charge in [-0.05, 0) is 0 Å². The third kappa shape index (κ3) is 8.07. The molecule has 0 aromatic rings. The second-order valence-electron chi connectivity index (χ2n) is 3.22. The Hall–Kier alpha value is 0.0669. The summed E-state index contributed by atoms with van der Waals surface area (Å²) in [7, 11) is -0.927. The highest BCUT2D eigenvalue weighted by Crippen LogP contribution is 2.05. The fraction of sp³-hybridized carbons (Fsp3) is 0.714. The van der Waals surface area contributed by atoms with Gasteiger partial charge in [0.2, 0.25) is 0 Å². The summed E-state index contributed by atoms with van der Waals surface area (Å²) >= 11 is 5.37. The molecular weight excluding hydrogens is 148 g/mol. The predicted molar refractivity (Wildman–Crippen MR) is 46.6 cm³/mol. The zero-order valence-electron chi connectivity index (χ0n) is 6.29. The second kappa shape index (κ2) is 3.98. The summed E-state index contributed by atoms with van der Waals surface area (Å²) in [4.78, 5) is 0. The first-order chi connectivity index (χ1) is 4.06. The summed E-state index contributed by atoms with van der Waals surface area (Å²) in [6, 6.07) is 1.07. The average molecular weight is 161 g/mol. The van der Waals surface area contributed by atoms with E-state index in [1.807, 2.05) is 0 Å². The van der Waals surface area contributed by atoms with Crippen LogP contribution < -0.4 is 0 Å². The van der Waals surface area contributed by atoms with E-state index in [4.69, 9.17) is 11.6 Å². The molecule has 0 nitrogen and oxygen atoms in total. The fourth-order valence-electron chi connectivity index (χ4n) is 0.375. The summed E-state index contributed by atoms with van der Waals surface area (Å²) in [6.45, 7) is 6.90. The molecule has 0 N–H and O–H groups in total. The lowest BCUT2D eigenvalue weighted by Gasteiger charge is -2.09. The Morgan fingerprint density at radius 2 is 1.78 bits per heavy atom. The van der Waals surface area contributed by atoms with Gasteiger partial charge in [0, 0.05) is 6.04 Å². The van der Waals surface area contributed by atoms with Crippen LogP contribution in [-0.4, -0.2) is 14.0 Å². The molecule has 2 heteroatoms. The van der Waals surface area contributed by atoms with Gasteiger partial charge in [-0.25, -0.2) is 0 Å². The first-order valence-corrected chi connectivity index (χ1v) is 7.32. The molecule has 0 saturated carbocycles. The van der Waals surface area contributed by atoms with Gasteiger partial charge in [-0.3, -0.25) is 0 Å². The lowest BCUT2D eigenvalue weighted by atomic mass is 10.7. The highest BCUT2D eigenvalue weighted by atomic mass is 35.5. The molecule has 0 aromatic carbocycles. The minimum atomic E-state index is -0.927. The maximum atomic E-state index is 5.37. The maximum Gasteiger partial charge on any atom is 0.0835 e. The first-order valence-electron chi connectivity index (χ1n) is 3.08. The van der Waals surface area contributed by atoms with E-state index in [9.17, 15) is 0 Å². The van der Waals surface area contributed by atoms with Crippen molar-refractivity contribution in [2.75, 3.05) is 5.88 Å². The molecule has 52 valence electrons. The van der Waals surface area contributed by atoms with E-state index in [0.717, 1.165) is 6.04 Å². The minimum Gasteiger partial charge on any atom is -0.113 e. The van der Waals surface area contributed by atoms with Crippen LogP contribution in [-0.2, 0) is 0 Å². The van der Waals surface area contributed by atoms with Crippen LogP contribution in [0.3, 0.4) is 0 Å². The lowest BCUT2D eigenvalue weighted by molar-refractivity contribution is 1.56. The van der Waals surface area contributed by atoms with Crippen molar-refractivity contribution in [1.82, 2.24) is 0 Å². The van der Waals surface area contributed by atoms with Gasteiger partial charge < -0.3 is 0 Å². The molecule has 0 radical (unpaired) electrons. The topological polar surface area (TPSA) is 0 Å². The van der Waals surface area contributed by atoms with Crippen LogP contribution in [0.5, 0.6) is 0 Å².